The summed E-state index contributed by atoms with van der Waals surface area (Å²) in [5.74, 6) is -0.146. The summed E-state index contributed by atoms with van der Waals surface area (Å²) in [6, 6.07) is 22.4. The number of carbonyl (C=O) groups is 2. The van der Waals surface area contributed by atoms with Crippen LogP contribution in [0.25, 0.3) is 0 Å². The number of amides is 1. The molecule has 0 spiro atoms. The number of ether oxygens (including phenoxy) is 2. The molecule has 0 aliphatic carbocycles. The van der Waals surface area contributed by atoms with Crippen LogP contribution < -0.4 is 14.8 Å². The van der Waals surface area contributed by atoms with E-state index in [-0.39, 0.29) is 4.90 Å². The number of hydrogen-bond acceptors (Lipinski definition) is 6. The van der Waals surface area contributed by atoms with Crippen LogP contribution in [-0.2, 0) is 24.3 Å². The van der Waals surface area contributed by atoms with Crippen molar-refractivity contribution in [3.8, 4) is 11.5 Å². The maximum Gasteiger partial charge on any atom is 0.324 e. The lowest BCUT2D eigenvalue weighted by Crippen LogP contribution is -2.42. The van der Waals surface area contributed by atoms with E-state index < -0.39 is 34.0 Å². The Morgan fingerprint density at radius 3 is 1.94 bits per heavy atom. The number of esters is 1. The molecule has 3 rings (SSSR count). The molecule has 2 unspecified atom stereocenters. The van der Waals surface area contributed by atoms with Crippen LogP contribution in [0.5, 0.6) is 11.5 Å². The second-order valence-electron chi connectivity index (χ2n) is 7.16. The van der Waals surface area contributed by atoms with Gasteiger partial charge in [-0.25, -0.2) is 8.42 Å². The van der Waals surface area contributed by atoms with Crippen LogP contribution in [0.15, 0.2) is 89.8 Å². The Morgan fingerprint density at radius 1 is 0.788 bits per heavy atom. The summed E-state index contributed by atoms with van der Waals surface area (Å²) in [6.07, 6.45) is -1.14. The molecule has 3 aromatic carbocycles. The first-order chi connectivity index (χ1) is 15.7. The Bertz CT molecular complexity index is 1180. The monoisotopic (exact) mass is 468 g/mol. The van der Waals surface area contributed by atoms with E-state index in [1.54, 1.807) is 42.5 Å². The van der Waals surface area contributed by atoms with Crippen LogP contribution in [0, 0.1) is 0 Å². The van der Waals surface area contributed by atoms with Crippen molar-refractivity contribution < 1.29 is 27.5 Å². The van der Waals surface area contributed by atoms with Crippen LogP contribution in [0.3, 0.4) is 0 Å². The normalized spacial score (nSPS) is 12.9. The van der Waals surface area contributed by atoms with Gasteiger partial charge in [-0.3, -0.25) is 9.59 Å². The van der Waals surface area contributed by atoms with Gasteiger partial charge < -0.3 is 14.8 Å². The standard InChI is InChI=1S/C24H24N2O6S/c1-17(26-33(29,30)22-11-7-4-8-12-22)24(28)31-18(2)23(27)25-19-13-15-21(16-14-19)32-20-9-5-3-6-10-20/h3-18,26H,1-2H3,(H,25,27). The molecule has 0 heterocycles. The van der Waals surface area contributed by atoms with Gasteiger partial charge in [0, 0.05) is 5.69 Å². The lowest BCUT2D eigenvalue weighted by atomic mass is 10.2. The molecule has 0 saturated heterocycles. The van der Waals surface area contributed by atoms with Gasteiger partial charge in [-0.15, -0.1) is 0 Å². The lowest BCUT2D eigenvalue weighted by molar-refractivity contribution is -0.154. The highest BCUT2D eigenvalue weighted by Gasteiger charge is 2.26. The number of benzene rings is 3. The van der Waals surface area contributed by atoms with Crippen LogP contribution in [0.2, 0.25) is 0 Å². The second kappa shape index (κ2) is 10.8. The molecule has 0 aliphatic rings. The zero-order valence-corrected chi connectivity index (χ0v) is 18.9. The van der Waals surface area contributed by atoms with Crippen molar-refractivity contribution in [1.29, 1.82) is 0 Å². The van der Waals surface area contributed by atoms with E-state index in [0.717, 1.165) is 0 Å². The third-order valence-electron chi connectivity index (χ3n) is 4.50. The first-order valence-corrected chi connectivity index (χ1v) is 11.6. The topological polar surface area (TPSA) is 111 Å². The predicted octanol–water partition coefficient (Wildman–Crippen LogP) is 3.72. The van der Waals surface area contributed by atoms with Gasteiger partial charge in [0.1, 0.15) is 17.5 Å². The number of carbonyl (C=O) groups excluding carboxylic acids is 2. The summed E-state index contributed by atoms with van der Waals surface area (Å²) in [5, 5.41) is 2.64. The zero-order chi connectivity index (χ0) is 23.8. The van der Waals surface area contributed by atoms with Crippen molar-refractivity contribution in [2.45, 2.75) is 30.9 Å². The van der Waals surface area contributed by atoms with Crippen LogP contribution in [0.4, 0.5) is 5.69 Å². The average molecular weight is 469 g/mol. The third-order valence-corrected chi connectivity index (χ3v) is 6.06. The van der Waals surface area contributed by atoms with Crippen molar-refractivity contribution in [1.82, 2.24) is 4.72 Å². The number of sulfonamides is 1. The van der Waals surface area contributed by atoms with Crippen molar-refractivity contribution in [2.24, 2.45) is 0 Å². The van der Waals surface area contributed by atoms with Gasteiger partial charge in [-0.05, 0) is 62.4 Å². The van der Waals surface area contributed by atoms with Crippen molar-refractivity contribution in [3.63, 3.8) is 0 Å². The molecule has 8 nitrogen and oxygen atoms in total. The minimum Gasteiger partial charge on any atom is -0.457 e. The molecule has 1 amide bonds. The number of para-hydroxylation sites is 1. The van der Waals surface area contributed by atoms with E-state index in [1.807, 2.05) is 30.3 Å². The Labute approximate surface area is 192 Å². The maximum atomic E-state index is 12.4. The first kappa shape index (κ1) is 24.0. The summed E-state index contributed by atoms with van der Waals surface area (Å²) in [6.45, 7) is 2.75. The van der Waals surface area contributed by atoms with E-state index in [4.69, 9.17) is 9.47 Å². The molecular formula is C24H24N2O6S. The van der Waals surface area contributed by atoms with Gasteiger partial charge in [-0.2, -0.15) is 4.72 Å². The quantitative estimate of drug-likeness (QED) is 0.463. The van der Waals surface area contributed by atoms with Gasteiger partial charge in [0.05, 0.1) is 4.90 Å². The fourth-order valence-corrected chi connectivity index (χ4v) is 3.97. The van der Waals surface area contributed by atoms with E-state index >= 15 is 0 Å². The summed E-state index contributed by atoms with van der Waals surface area (Å²) >= 11 is 0. The van der Waals surface area contributed by atoms with E-state index in [2.05, 4.69) is 10.0 Å². The highest BCUT2D eigenvalue weighted by molar-refractivity contribution is 7.89. The number of rotatable bonds is 9. The first-order valence-electron chi connectivity index (χ1n) is 10.2. The van der Waals surface area contributed by atoms with E-state index in [1.165, 1.54) is 26.0 Å². The fraction of sp³-hybridized carbons (Fsp3) is 0.167. The molecule has 0 saturated carbocycles. The highest BCUT2D eigenvalue weighted by Crippen LogP contribution is 2.22. The van der Waals surface area contributed by atoms with Gasteiger partial charge in [0.15, 0.2) is 6.10 Å². The SMILES string of the molecule is CC(NS(=O)(=O)c1ccccc1)C(=O)OC(C)C(=O)Nc1ccc(Oc2ccccc2)cc1. The minimum absolute atomic E-state index is 0.0233. The largest absolute Gasteiger partial charge is 0.457 e. The maximum absolute atomic E-state index is 12.4. The highest BCUT2D eigenvalue weighted by atomic mass is 32.2. The zero-order valence-electron chi connectivity index (χ0n) is 18.1. The molecule has 33 heavy (non-hydrogen) atoms. The molecular weight excluding hydrogens is 444 g/mol. The predicted molar refractivity (Wildman–Crippen MR) is 123 cm³/mol. The van der Waals surface area contributed by atoms with E-state index in [9.17, 15) is 18.0 Å². The number of hydrogen-bond donors (Lipinski definition) is 2. The molecule has 0 radical (unpaired) electrons. The average Bonchev–Trinajstić information content (AvgIpc) is 2.81. The molecule has 0 bridgehead atoms. The van der Waals surface area contributed by atoms with Crippen molar-refractivity contribution in [2.75, 3.05) is 5.32 Å². The Kier molecular flexibility index (Phi) is 7.81. The van der Waals surface area contributed by atoms with Gasteiger partial charge in [0.25, 0.3) is 5.91 Å². The molecule has 0 aliphatic heterocycles. The summed E-state index contributed by atoms with van der Waals surface area (Å²) in [7, 11) is -3.90. The minimum atomic E-state index is -3.90. The fourth-order valence-electron chi connectivity index (χ4n) is 2.75. The molecule has 2 N–H and O–H groups in total. The van der Waals surface area contributed by atoms with Crippen LogP contribution >= 0.6 is 0 Å². The van der Waals surface area contributed by atoms with Gasteiger partial charge in [-0.1, -0.05) is 36.4 Å². The molecule has 172 valence electrons. The Morgan fingerprint density at radius 2 is 1.33 bits per heavy atom. The number of anilines is 1. The molecule has 2 atom stereocenters. The van der Waals surface area contributed by atoms with Crippen molar-refractivity contribution >= 4 is 27.6 Å². The van der Waals surface area contributed by atoms with Crippen LogP contribution in [-0.4, -0.2) is 32.4 Å². The third kappa shape index (κ3) is 6.90. The lowest BCUT2D eigenvalue weighted by Gasteiger charge is -2.18. The Hall–Kier alpha value is -3.69. The summed E-state index contributed by atoms with van der Waals surface area (Å²) < 4.78 is 37.8. The second-order valence-corrected chi connectivity index (χ2v) is 8.88. The number of nitrogens with one attached hydrogen (secondary N) is 2. The molecule has 0 aromatic heterocycles. The Balaban J connectivity index is 1.51. The smallest absolute Gasteiger partial charge is 0.324 e. The van der Waals surface area contributed by atoms with Gasteiger partial charge >= 0.3 is 5.97 Å². The van der Waals surface area contributed by atoms with Crippen LogP contribution in [0.1, 0.15) is 13.8 Å². The summed E-state index contributed by atoms with van der Waals surface area (Å²) in [4.78, 5) is 24.7. The molecule has 0 fully saturated rings. The molecule has 3 aromatic rings. The summed E-state index contributed by atoms with van der Waals surface area (Å²) in [5.41, 5.74) is 0.487. The molecule has 9 heteroatoms. The van der Waals surface area contributed by atoms with Crippen molar-refractivity contribution in [3.05, 3.63) is 84.9 Å². The van der Waals surface area contributed by atoms with E-state index in [0.29, 0.717) is 17.2 Å². The van der Waals surface area contributed by atoms with Gasteiger partial charge in [0.2, 0.25) is 10.0 Å².